The van der Waals surface area contributed by atoms with Crippen LogP contribution in [0.4, 0.5) is 0 Å². The molecule has 3 unspecified atom stereocenters. The Balaban J connectivity index is 4.47. The second-order valence-electron chi connectivity index (χ2n) is 11.3. The van der Waals surface area contributed by atoms with Crippen LogP contribution < -0.4 is 11.1 Å². The maximum absolute atomic E-state index is 12.6. The van der Waals surface area contributed by atoms with Gasteiger partial charge in [-0.05, 0) is 57.8 Å². The van der Waals surface area contributed by atoms with E-state index in [1.165, 1.54) is 44.9 Å². The number of allylic oxidation sites excluding steroid dienone is 9. The third-order valence-electron chi connectivity index (χ3n) is 7.10. The van der Waals surface area contributed by atoms with E-state index in [0.29, 0.717) is 12.8 Å². The van der Waals surface area contributed by atoms with Crippen molar-refractivity contribution in [2.45, 2.75) is 142 Å². The number of phosphoric acid groups is 1. The van der Waals surface area contributed by atoms with E-state index in [9.17, 15) is 19.4 Å². The molecule has 5 N–H and O–H groups in total. The minimum Gasteiger partial charge on any atom is -0.387 e. The van der Waals surface area contributed by atoms with Crippen LogP contribution in [0.15, 0.2) is 60.8 Å². The first-order chi connectivity index (χ1) is 21.9. The van der Waals surface area contributed by atoms with Gasteiger partial charge in [-0.15, -0.1) is 0 Å². The van der Waals surface area contributed by atoms with Crippen molar-refractivity contribution in [2.75, 3.05) is 19.8 Å². The van der Waals surface area contributed by atoms with Crippen molar-refractivity contribution >= 4 is 13.7 Å². The number of aliphatic hydroxyl groups is 1. The standard InChI is InChI=1S/C36H65N2O6P/c1-3-5-7-9-11-13-15-16-17-18-20-22-24-26-28-30-36(40)38-34(33-44-45(41,42)43-32-31-37)35(39)29-27-25-23-21-19-14-12-10-8-6-4-2/h5,7,11,13,16-17,20,22,27,29,34-35,39H,3-4,6,8-10,12,14-15,18-19,21,23-26,28,30-33,37H2,1-2H3,(H,38,40)(H,41,42)/b7-5-,13-11-,17-16-,22-20-,29-27+. The van der Waals surface area contributed by atoms with Gasteiger partial charge in [0.05, 0.1) is 25.4 Å². The van der Waals surface area contributed by atoms with Gasteiger partial charge in [0.25, 0.3) is 0 Å². The first-order valence-electron chi connectivity index (χ1n) is 17.4. The van der Waals surface area contributed by atoms with Crippen molar-refractivity contribution < 1.29 is 28.4 Å². The lowest BCUT2D eigenvalue weighted by Crippen LogP contribution is -2.45. The summed E-state index contributed by atoms with van der Waals surface area (Å²) < 4.78 is 21.9. The zero-order valence-electron chi connectivity index (χ0n) is 28.3. The lowest BCUT2D eigenvalue weighted by atomic mass is 10.1. The fourth-order valence-electron chi connectivity index (χ4n) is 4.47. The number of rotatable bonds is 31. The number of carbonyl (C=O) groups is 1. The number of hydrogen-bond acceptors (Lipinski definition) is 6. The molecule has 0 aliphatic rings. The summed E-state index contributed by atoms with van der Waals surface area (Å²) in [6, 6.07) is -0.881. The third-order valence-corrected chi connectivity index (χ3v) is 8.08. The third kappa shape index (κ3) is 30.6. The molecule has 0 rings (SSSR count). The Hall–Kier alpha value is -1.80. The average Bonchev–Trinajstić information content (AvgIpc) is 3.02. The van der Waals surface area contributed by atoms with Gasteiger partial charge in [-0.25, -0.2) is 4.57 Å². The van der Waals surface area contributed by atoms with E-state index >= 15 is 0 Å². The zero-order chi connectivity index (χ0) is 33.3. The number of amides is 1. The molecule has 0 saturated heterocycles. The molecule has 45 heavy (non-hydrogen) atoms. The smallest absolute Gasteiger partial charge is 0.387 e. The molecule has 0 radical (unpaired) electrons. The van der Waals surface area contributed by atoms with E-state index in [-0.39, 0.29) is 25.7 Å². The van der Waals surface area contributed by atoms with Gasteiger partial charge in [0, 0.05) is 13.0 Å². The highest BCUT2D eigenvalue weighted by Gasteiger charge is 2.26. The summed E-state index contributed by atoms with van der Waals surface area (Å²) in [6.45, 7) is 3.93. The van der Waals surface area contributed by atoms with Crippen LogP contribution in [0, 0.1) is 0 Å². The van der Waals surface area contributed by atoms with Gasteiger partial charge in [0.1, 0.15) is 0 Å². The summed E-state index contributed by atoms with van der Waals surface area (Å²) >= 11 is 0. The van der Waals surface area contributed by atoms with Crippen molar-refractivity contribution in [3.8, 4) is 0 Å². The molecule has 0 aromatic heterocycles. The van der Waals surface area contributed by atoms with Crippen molar-refractivity contribution in [3.63, 3.8) is 0 Å². The fraction of sp³-hybridized carbons (Fsp3) is 0.694. The van der Waals surface area contributed by atoms with Gasteiger partial charge in [-0.2, -0.15) is 0 Å². The van der Waals surface area contributed by atoms with E-state index in [4.69, 9.17) is 14.8 Å². The normalized spacial score (nSPS) is 15.2. The van der Waals surface area contributed by atoms with Gasteiger partial charge < -0.3 is 21.1 Å². The Morgan fingerprint density at radius 2 is 1.29 bits per heavy atom. The molecule has 0 aromatic carbocycles. The second kappa shape index (κ2) is 32.2. The first kappa shape index (κ1) is 43.2. The van der Waals surface area contributed by atoms with Crippen LogP contribution in [0.3, 0.4) is 0 Å². The molecular formula is C36H65N2O6P. The van der Waals surface area contributed by atoms with Gasteiger partial charge in [-0.3, -0.25) is 13.8 Å². The lowest BCUT2D eigenvalue weighted by molar-refractivity contribution is -0.123. The molecule has 0 aromatic rings. The zero-order valence-corrected chi connectivity index (χ0v) is 29.2. The van der Waals surface area contributed by atoms with Gasteiger partial charge in [-0.1, -0.05) is 126 Å². The maximum Gasteiger partial charge on any atom is 0.472 e. The van der Waals surface area contributed by atoms with E-state index in [1.807, 2.05) is 6.08 Å². The highest BCUT2D eigenvalue weighted by atomic mass is 31.2. The van der Waals surface area contributed by atoms with Crippen LogP contribution in [0.1, 0.15) is 129 Å². The lowest BCUT2D eigenvalue weighted by Gasteiger charge is -2.23. The monoisotopic (exact) mass is 652 g/mol. The predicted octanol–water partition coefficient (Wildman–Crippen LogP) is 8.77. The summed E-state index contributed by atoms with van der Waals surface area (Å²) in [5.41, 5.74) is 5.34. The SMILES string of the molecule is CC/C=C\C/C=C\C/C=C\C/C=C\CCCCC(=O)NC(COP(=O)(O)OCCN)C(O)/C=C/CCCCCCCCCCC. The number of nitrogens with two attached hydrogens (primary N) is 1. The second-order valence-corrected chi connectivity index (χ2v) is 12.8. The minimum absolute atomic E-state index is 0.0687. The number of unbranched alkanes of at least 4 members (excludes halogenated alkanes) is 11. The van der Waals surface area contributed by atoms with E-state index in [1.54, 1.807) is 6.08 Å². The molecule has 0 saturated carbocycles. The molecule has 9 heteroatoms. The number of aliphatic hydroxyl groups excluding tert-OH is 1. The summed E-state index contributed by atoms with van der Waals surface area (Å²) in [7, 11) is -4.34. The van der Waals surface area contributed by atoms with Crippen LogP contribution in [0.5, 0.6) is 0 Å². The van der Waals surface area contributed by atoms with E-state index in [0.717, 1.165) is 57.8 Å². The summed E-state index contributed by atoms with van der Waals surface area (Å²) in [5.74, 6) is -0.240. The van der Waals surface area contributed by atoms with Crippen molar-refractivity contribution in [1.82, 2.24) is 5.32 Å². The molecule has 0 aliphatic heterocycles. The predicted molar refractivity (Wildman–Crippen MR) is 189 cm³/mol. The Morgan fingerprint density at radius 1 is 0.756 bits per heavy atom. The van der Waals surface area contributed by atoms with Gasteiger partial charge in [0.15, 0.2) is 0 Å². The van der Waals surface area contributed by atoms with Crippen LogP contribution in [0.25, 0.3) is 0 Å². The fourth-order valence-corrected chi connectivity index (χ4v) is 5.23. The van der Waals surface area contributed by atoms with Gasteiger partial charge >= 0.3 is 7.82 Å². The summed E-state index contributed by atoms with van der Waals surface area (Å²) in [5, 5.41) is 13.5. The molecule has 1 amide bonds. The average molecular weight is 653 g/mol. The Bertz CT molecular complexity index is 887. The Labute approximate surface area is 274 Å². The molecule has 0 heterocycles. The summed E-state index contributed by atoms with van der Waals surface area (Å²) in [4.78, 5) is 22.5. The molecule has 0 aliphatic carbocycles. The minimum atomic E-state index is -4.34. The largest absolute Gasteiger partial charge is 0.472 e. The van der Waals surface area contributed by atoms with Crippen LogP contribution in [-0.4, -0.2) is 47.8 Å². The van der Waals surface area contributed by atoms with Gasteiger partial charge in [0.2, 0.25) is 5.91 Å². The number of nitrogens with one attached hydrogen (secondary N) is 1. The quantitative estimate of drug-likeness (QED) is 0.0334. The van der Waals surface area contributed by atoms with Crippen LogP contribution >= 0.6 is 7.82 Å². The Morgan fingerprint density at radius 3 is 1.89 bits per heavy atom. The molecule has 3 atom stereocenters. The molecule has 0 bridgehead atoms. The molecule has 0 spiro atoms. The molecule has 8 nitrogen and oxygen atoms in total. The molecular weight excluding hydrogens is 587 g/mol. The first-order valence-corrected chi connectivity index (χ1v) is 18.9. The van der Waals surface area contributed by atoms with E-state index < -0.39 is 20.0 Å². The summed E-state index contributed by atoms with van der Waals surface area (Å²) in [6.07, 6.45) is 38.4. The van der Waals surface area contributed by atoms with E-state index in [2.05, 4.69) is 67.8 Å². The molecule has 0 fully saturated rings. The van der Waals surface area contributed by atoms with Crippen molar-refractivity contribution in [2.24, 2.45) is 5.73 Å². The number of phosphoric ester groups is 1. The highest BCUT2D eigenvalue weighted by molar-refractivity contribution is 7.47. The van der Waals surface area contributed by atoms with Crippen molar-refractivity contribution in [3.05, 3.63) is 60.8 Å². The Kier molecular flexibility index (Phi) is 30.9. The topological polar surface area (TPSA) is 131 Å². The van der Waals surface area contributed by atoms with Crippen LogP contribution in [-0.2, 0) is 18.4 Å². The van der Waals surface area contributed by atoms with Crippen LogP contribution in [0.2, 0.25) is 0 Å². The number of carbonyl (C=O) groups excluding carboxylic acids is 1. The maximum atomic E-state index is 12.6. The molecule has 260 valence electrons. The van der Waals surface area contributed by atoms with Crippen molar-refractivity contribution in [1.29, 1.82) is 0 Å². The highest BCUT2D eigenvalue weighted by Crippen LogP contribution is 2.43. The number of hydrogen-bond donors (Lipinski definition) is 4.